The molecule has 2 aromatic carbocycles. The van der Waals surface area contributed by atoms with Gasteiger partial charge in [0.1, 0.15) is 6.10 Å². The molecule has 2 aromatic rings. The van der Waals surface area contributed by atoms with Crippen molar-refractivity contribution in [2.75, 3.05) is 26.2 Å². The van der Waals surface area contributed by atoms with Crippen molar-refractivity contribution >= 4 is 11.8 Å². The Hall–Kier alpha value is -2.50. The van der Waals surface area contributed by atoms with E-state index in [0.717, 1.165) is 58.2 Å². The molecule has 5 heteroatoms. The average Bonchev–Trinajstić information content (AvgIpc) is 3.42. The standard InChI is InChI=1S/C28H34N2O3/c31-25-21-28(15-7-8-16-28)27(32)30(25)20-19-29-17-13-24(14-18-29)33-26(22-9-3-1-4-10-22)23-11-5-2-6-12-23/h1-6,9-12,24,26H,7-8,13-21H2. The molecule has 0 aromatic heterocycles. The van der Waals surface area contributed by atoms with E-state index in [1.54, 1.807) is 4.90 Å². The molecule has 0 bridgehead atoms. The Balaban J connectivity index is 1.15. The zero-order valence-electron chi connectivity index (χ0n) is 19.3. The predicted molar refractivity (Wildman–Crippen MR) is 128 cm³/mol. The van der Waals surface area contributed by atoms with Gasteiger partial charge in [0, 0.05) is 32.6 Å². The fraction of sp³-hybridized carbons (Fsp3) is 0.500. The summed E-state index contributed by atoms with van der Waals surface area (Å²) in [5.41, 5.74) is 2.00. The average molecular weight is 447 g/mol. The van der Waals surface area contributed by atoms with Crippen LogP contribution in [0.2, 0.25) is 0 Å². The Morgan fingerprint density at radius 1 is 0.848 bits per heavy atom. The van der Waals surface area contributed by atoms with Gasteiger partial charge in [-0.05, 0) is 36.8 Å². The molecule has 5 rings (SSSR count). The molecule has 1 saturated carbocycles. The van der Waals surface area contributed by atoms with Gasteiger partial charge in [-0.1, -0.05) is 73.5 Å². The highest BCUT2D eigenvalue weighted by atomic mass is 16.5. The molecule has 0 atom stereocenters. The van der Waals surface area contributed by atoms with E-state index < -0.39 is 0 Å². The summed E-state index contributed by atoms with van der Waals surface area (Å²) < 4.78 is 6.64. The van der Waals surface area contributed by atoms with Crippen LogP contribution in [0.3, 0.4) is 0 Å². The second-order valence-corrected chi connectivity index (χ2v) is 9.89. The quantitative estimate of drug-likeness (QED) is 0.585. The summed E-state index contributed by atoms with van der Waals surface area (Å²) in [4.78, 5) is 29.4. The first kappa shape index (κ1) is 22.3. The van der Waals surface area contributed by atoms with E-state index in [1.807, 2.05) is 12.1 Å². The summed E-state index contributed by atoms with van der Waals surface area (Å²) in [6.45, 7) is 3.16. The Morgan fingerprint density at radius 2 is 1.42 bits per heavy atom. The first-order valence-electron chi connectivity index (χ1n) is 12.5. The van der Waals surface area contributed by atoms with Gasteiger partial charge < -0.3 is 9.64 Å². The smallest absolute Gasteiger partial charge is 0.235 e. The van der Waals surface area contributed by atoms with Gasteiger partial charge >= 0.3 is 0 Å². The van der Waals surface area contributed by atoms with E-state index in [9.17, 15) is 9.59 Å². The third kappa shape index (κ3) is 4.75. The summed E-state index contributed by atoms with van der Waals surface area (Å²) in [5, 5.41) is 0. The number of carbonyl (C=O) groups excluding carboxylic acids is 2. The van der Waals surface area contributed by atoms with Gasteiger partial charge in [-0.25, -0.2) is 0 Å². The van der Waals surface area contributed by atoms with Crippen molar-refractivity contribution in [3.8, 4) is 0 Å². The zero-order valence-corrected chi connectivity index (χ0v) is 19.3. The Morgan fingerprint density at radius 3 is 2.00 bits per heavy atom. The summed E-state index contributed by atoms with van der Waals surface area (Å²) in [6.07, 6.45) is 6.42. The van der Waals surface area contributed by atoms with Crippen LogP contribution in [0.1, 0.15) is 62.2 Å². The van der Waals surface area contributed by atoms with Gasteiger partial charge in [-0.3, -0.25) is 14.5 Å². The van der Waals surface area contributed by atoms with Crippen LogP contribution in [0.5, 0.6) is 0 Å². The van der Waals surface area contributed by atoms with Crippen molar-refractivity contribution in [1.29, 1.82) is 0 Å². The van der Waals surface area contributed by atoms with Crippen LogP contribution in [0, 0.1) is 5.41 Å². The minimum atomic E-state index is -0.359. The summed E-state index contributed by atoms with van der Waals surface area (Å²) in [7, 11) is 0. The number of rotatable bonds is 7. The van der Waals surface area contributed by atoms with E-state index in [2.05, 4.69) is 53.4 Å². The van der Waals surface area contributed by atoms with Gasteiger partial charge in [0.25, 0.3) is 0 Å². The summed E-state index contributed by atoms with van der Waals surface area (Å²) in [5.74, 6) is 0.130. The number of nitrogens with zero attached hydrogens (tertiary/aromatic N) is 2. The molecule has 3 aliphatic rings. The van der Waals surface area contributed by atoms with Crippen LogP contribution in [0.15, 0.2) is 60.7 Å². The minimum absolute atomic E-state index is 0.0358. The van der Waals surface area contributed by atoms with Gasteiger partial charge in [-0.15, -0.1) is 0 Å². The molecule has 2 heterocycles. The van der Waals surface area contributed by atoms with Crippen molar-refractivity contribution < 1.29 is 14.3 Å². The molecule has 0 unspecified atom stereocenters. The third-order valence-electron chi connectivity index (χ3n) is 7.76. The van der Waals surface area contributed by atoms with Crippen LogP contribution < -0.4 is 0 Å². The van der Waals surface area contributed by atoms with Crippen molar-refractivity contribution in [1.82, 2.24) is 9.80 Å². The molecular weight excluding hydrogens is 412 g/mol. The van der Waals surface area contributed by atoms with Crippen molar-refractivity contribution in [2.45, 2.75) is 57.2 Å². The maximum absolute atomic E-state index is 12.9. The normalized spacial score (nSPS) is 21.5. The molecular formula is C28H34N2O3. The van der Waals surface area contributed by atoms with E-state index in [0.29, 0.717) is 13.0 Å². The molecule has 3 fully saturated rings. The molecule has 174 valence electrons. The van der Waals surface area contributed by atoms with E-state index in [4.69, 9.17) is 4.74 Å². The summed E-state index contributed by atoms with van der Waals surface area (Å²) >= 11 is 0. The number of likely N-dealkylation sites (tertiary alicyclic amines) is 2. The second kappa shape index (κ2) is 9.78. The molecule has 0 radical (unpaired) electrons. The molecule has 2 aliphatic heterocycles. The Kier molecular flexibility index (Phi) is 6.61. The molecule has 1 spiro atoms. The van der Waals surface area contributed by atoms with Gasteiger partial charge in [0.05, 0.1) is 11.5 Å². The number of hydrogen-bond acceptors (Lipinski definition) is 4. The Labute approximate surface area is 196 Å². The lowest BCUT2D eigenvalue weighted by atomic mass is 9.84. The number of hydrogen-bond donors (Lipinski definition) is 0. The SMILES string of the molecule is O=C1CC2(CCCC2)C(=O)N1CCN1CCC(OC(c2ccccc2)c2ccccc2)CC1. The number of imide groups is 1. The van der Waals surface area contributed by atoms with Crippen molar-refractivity contribution in [3.63, 3.8) is 0 Å². The maximum Gasteiger partial charge on any atom is 0.235 e. The van der Waals surface area contributed by atoms with Gasteiger partial charge in [0.2, 0.25) is 11.8 Å². The molecule has 1 aliphatic carbocycles. The van der Waals surface area contributed by atoms with E-state index in [1.165, 1.54) is 11.1 Å². The van der Waals surface area contributed by atoms with Gasteiger partial charge in [0.15, 0.2) is 0 Å². The predicted octanol–water partition coefficient (Wildman–Crippen LogP) is 4.58. The minimum Gasteiger partial charge on any atom is -0.365 e. The highest BCUT2D eigenvalue weighted by Gasteiger charge is 2.52. The lowest BCUT2D eigenvalue weighted by Crippen LogP contribution is -2.44. The van der Waals surface area contributed by atoms with Crippen LogP contribution in [-0.4, -0.2) is 53.9 Å². The number of piperidine rings is 1. The van der Waals surface area contributed by atoms with Crippen molar-refractivity contribution in [3.05, 3.63) is 71.8 Å². The number of carbonyl (C=O) groups is 2. The molecule has 2 saturated heterocycles. The molecule has 2 amide bonds. The van der Waals surface area contributed by atoms with Crippen molar-refractivity contribution in [2.24, 2.45) is 5.41 Å². The fourth-order valence-corrected chi connectivity index (χ4v) is 5.84. The Bertz CT molecular complexity index is 908. The molecule has 5 nitrogen and oxygen atoms in total. The lowest BCUT2D eigenvalue weighted by molar-refractivity contribution is -0.141. The maximum atomic E-state index is 12.9. The largest absolute Gasteiger partial charge is 0.365 e. The number of amides is 2. The fourth-order valence-electron chi connectivity index (χ4n) is 5.84. The number of ether oxygens (including phenoxy) is 1. The first-order valence-corrected chi connectivity index (χ1v) is 12.5. The highest BCUT2D eigenvalue weighted by molar-refractivity contribution is 6.06. The van der Waals surface area contributed by atoms with E-state index in [-0.39, 0.29) is 29.4 Å². The van der Waals surface area contributed by atoms with Crippen LogP contribution in [0.25, 0.3) is 0 Å². The third-order valence-corrected chi connectivity index (χ3v) is 7.76. The highest BCUT2D eigenvalue weighted by Crippen LogP contribution is 2.46. The first-order chi connectivity index (χ1) is 16.1. The lowest BCUT2D eigenvalue weighted by Gasteiger charge is -2.35. The number of benzene rings is 2. The second-order valence-electron chi connectivity index (χ2n) is 9.89. The van der Waals surface area contributed by atoms with Crippen LogP contribution >= 0.6 is 0 Å². The molecule has 33 heavy (non-hydrogen) atoms. The van der Waals surface area contributed by atoms with Crippen LogP contribution in [-0.2, 0) is 14.3 Å². The molecule has 0 N–H and O–H groups in total. The van der Waals surface area contributed by atoms with Crippen LogP contribution in [0.4, 0.5) is 0 Å². The van der Waals surface area contributed by atoms with E-state index >= 15 is 0 Å². The van der Waals surface area contributed by atoms with Gasteiger partial charge in [-0.2, -0.15) is 0 Å². The summed E-state index contributed by atoms with van der Waals surface area (Å²) in [6, 6.07) is 20.9. The topological polar surface area (TPSA) is 49.9 Å². The zero-order chi connectivity index (χ0) is 22.7. The monoisotopic (exact) mass is 446 g/mol.